The molecule has 1 aliphatic rings. The van der Waals surface area contributed by atoms with Crippen molar-refractivity contribution in [3.8, 4) is 0 Å². The lowest BCUT2D eigenvalue weighted by molar-refractivity contribution is 0.225. The van der Waals surface area contributed by atoms with Gasteiger partial charge in [-0.15, -0.1) is 0 Å². The lowest BCUT2D eigenvalue weighted by Crippen LogP contribution is -2.53. The Hall–Kier alpha value is -0.210. The van der Waals surface area contributed by atoms with Gasteiger partial charge in [-0.05, 0) is 26.9 Å². The van der Waals surface area contributed by atoms with E-state index < -0.39 is 10.2 Å². The van der Waals surface area contributed by atoms with Crippen molar-refractivity contribution in [2.24, 2.45) is 0 Å². The van der Waals surface area contributed by atoms with Crippen molar-refractivity contribution in [3.63, 3.8) is 0 Å². The summed E-state index contributed by atoms with van der Waals surface area (Å²) in [5.74, 6) is 0. The Labute approximate surface area is 130 Å². The molecule has 1 fully saturated rings. The first-order chi connectivity index (χ1) is 9.75. The van der Waals surface area contributed by atoms with Gasteiger partial charge in [0.15, 0.2) is 0 Å². The van der Waals surface area contributed by atoms with E-state index in [1.165, 1.54) is 4.31 Å². The van der Waals surface area contributed by atoms with Crippen LogP contribution in [0.15, 0.2) is 0 Å². The fourth-order valence-corrected chi connectivity index (χ4v) is 4.08. The zero-order valence-electron chi connectivity index (χ0n) is 14.2. The number of likely N-dealkylation sites (N-methyl/N-ethyl adjacent to an activating group) is 2. The van der Waals surface area contributed by atoms with Gasteiger partial charge in [-0.1, -0.05) is 20.3 Å². The minimum absolute atomic E-state index is 0.0768. The second-order valence-corrected chi connectivity index (χ2v) is 8.44. The maximum Gasteiger partial charge on any atom is 0.282 e. The van der Waals surface area contributed by atoms with E-state index in [9.17, 15) is 8.42 Å². The number of rotatable bonds is 8. The van der Waals surface area contributed by atoms with Gasteiger partial charge in [0.25, 0.3) is 10.2 Å². The van der Waals surface area contributed by atoms with Crippen molar-refractivity contribution >= 4 is 10.2 Å². The van der Waals surface area contributed by atoms with Crippen LogP contribution in [0.1, 0.15) is 33.1 Å². The van der Waals surface area contributed by atoms with Crippen LogP contribution in [0.5, 0.6) is 0 Å². The molecule has 1 N–H and O–H groups in total. The third-order valence-corrected chi connectivity index (χ3v) is 5.93. The third-order valence-electron chi connectivity index (χ3n) is 3.89. The summed E-state index contributed by atoms with van der Waals surface area (Å²) in [6.45, 7) is 6.81. The van der Waals surface area contributed by atoms with Crippen LogP contribution in [0.2, 0.25) is 0 Å². The van der Waals surface area contributed by atoms with E-state index in [0.717, 1.165) is 32.4 Å². The molecule has 0 aromatic carbocycles. The summed E-state index contributed by atoms with van der Waals surface area (Å²) in [6, 6.07) is 0.455. The fraction of sp³-hybridized carbons (Fsp3) is 1.00. The second-order valence-electron chi connectivity index (χ2n) is 6.46. The summed E-state index contributed by atoms with van der Waals surface area (Å²) in [7, 11) is 2.24. The molecule has 0 aromatic heterocycles. The minimum Gasteiger partial charge on any atom is -0.313 e. The highest BCUT2D eigenvalue weighted by atomic mass is 32.2. The van der Waals surface area contributed by atoms with Crippen molar-refractivity contribution in [2.75, 3.05) is 47.3 Å². The Bertz CT molecular complexity index is 398. The van der Waals surface area contributed by atoms with Crippen LogP contribution in [0.3, 0.4) is 0 Å². The van der Waals surface area contributed by atoms with Crippen LogP contribution < -0.4 is 5.32 Å². The molecule has 1 atom stereocenters. The molecule has 7 heteroatoms. The van der Waals surface area contributed by atoms with Gasteiger partial charge in [0.05, 0.1) is 0 Å². The maximum atomic E-state index is 12.8. The lowest BCUT2D eigenvalue weighted by Gasteiger charge is -2.37. The van der Waals surface area contributed by atoms with Crippen molar-refractivity contribution < 1.29 is 8.42 Å². The molecule has 1 rings (SSSR count). The second kappa shape index (κ2) is 8.43. The summed E-state index contributed by atoms with van der Waals surface area (Å²) in [6.07, 6.45) is 3.01. The van der Waals surface area contributed by atoms with Gasteiger partial charge in [0, 0.05) is 45.3 Å². The van der Waals surface area contributed by atoms with Gasteiger partial charge in [-0.3, -0.25) is 0 Å². The average Bonchev–Trinajstić information content (AvgIpc) is 2.42. The van der Waals surface area contributed by atoms with E-state index in [2.05, 4.69) is 19.2 Å². The summed E-state index contributed by atoms with van der Waals surface area (Å²) >= 11 is 0. The highest BCUT2D eigenvalue weighted by Crippen LogP contribution is 2.21. The van der Waals surface area contributed by atoms with Crippen LogP contribution >= 0.6 is 0 Å². The zero-order chi connectivity index (χ0) is 16.0. The van der Waals surface area contributed by atoms with Gasteiger partial charge in [-0.25, -0.2) is 0 Å². The van der Waals surface area contributed by atoms with Crippen molar-refractivity contribution in [1.82, 2.24) is 18.8 Å². The molecule has 6 nitrogen and oxygen atoms in total. The Balaban J connectivity index is 2.72. The minimum atomic E-state index is -3.35. The number of hydrogen-bond acceptors (Lipinski definition) is 4. The molecule has 1 heterocycles. The SMILES string of the molecule is CC(C)NCC1CCCCN1S(=O)(=O)N(C)CCN(C)C. The van der Waals surface area contributed by atoms with E-state index in [0.29, 0.717) is 19.1 Å². The Kier molecular flexibility index (Phi) is 7.56. The first-order valence-corrected chi connectivity index (χ1v) is 9.26. The van der Waals surface area contributed by atoms with Crippen molar-refractivity contribution in [3.05, 3.63) is 0 Å². The van der Waals surface area contributed by atoms with Crippen LogP contribution in [0, 0.1) is 0 Å². The molecular weight excluding hydrogens is 288 g/mol. The van der Waals surface area contributed by atoms with E-state index in [4.69, 9.17) is 0 Å². The molecule has 0 bridgehead atoms. The first-order valence-electron chi connectivity index (χ1n) is 7.86. The van der Waals surface area contributed by atoms with Gasteiger partial charge in [0.1, 0.15) is 0 Å². The summed E-state index contributed by atoms with van der Waals surface area (Å²) < 4.78 is 28.7. The third kappa shape index (κ3) is 5.83. The number of nitrogens with zero attached hydrogens (tertiary/aromatic N) is 3. The predicted octanol–water partition coefficient (Wildman–Crippen LogP) is 0.577. The van der Waals surface area contributed by atoms with Gasteiger partial charge in [0.2, 0.25) is 0 Å². The summed E-state index contributed by atoms with van der Waals surface area (Å²) in [5, 5.41) is 3.37. The van der Waals surface area contributed by atoms with Gasteiger partial charge >= 0.3 is 0 Å². The molecule has 21 heavy (non-hydrogen) atoms. The Morgan fingerprint density at radius 1 is 1.19 bits per heavy atom. The van der Waals surface area contributed by atoms with Crippen LogP contribution in [-0.4, -0.2) is 81.3 Å². The maximum absolute atomic E-state index is 12.8. The average molecular weight is 321 g/mol. The summed E-state index contributed by atoms with van der Waals surface area (Å²) in [5.41, 5.74) is 0. The zero-order valence-corrected chi connectivity index (χ0v) is 15.0. The highest BCUT2D eigenvalue weighted by molar-refractivity contribution is 7.86. The van der Waals surface area contributed by atoms with Crippen LogP contribution in [-0.2, 0) is 10.2 Å². The van der Waals surface area contributed by atoms with E-state index >= 15 is 0 Å². The van der Waals surface area contributed by atoms with Crippen LogP contribution in [0.4, 0.5) is 0 Å². The lowest BCUT2D eigenvalue weighted by atomic mass is 10.0. The molecule has 1 aliphatic heterocycles. The smallest absolute Gasteiger partial charge is 0.282 e. The van der Waals surface area contributed by atoms with Crippen molar-refractivity contribution in [1.29, 1.82) is 0 Å². The van der Waals surface area contributed by atoms with E-state index in [1.807, 2.05) is 19.0 Å². The van der Waals surface area contributed by atoms with Gasteiger partial charge < -0.3 is 10.2 Å². The molecule has 126 valence electrons. The van der Waals surface area contributed by atoms with Crippen molar-refractivity contribution in [2.45, 2.75) is 45.2 Å². The topological polar surface area (TPSA) is 55.9 Å². The van der Waals surface area contributed by atoms with E-state index in [1.54, 1.807) is 11.4 Å². The highest BCUT2D eigenvalue weighted by Gasteiger charge is 2.34. The van der Waals surface area contributed by atoms with Crippen LogP contribution in [0.25, 0.3) is 0 Å². The monoisotopic (exact) mass is 320 g/mol. The quantitative estimate of drug-likeness (QED) is 0.711. The fourth-order valence-electron chi connectivity index (χ4n) is 2.49. The molecule has 0 saturated carbocycles. The number of hydrogen-bond donors (Lipinski definition) is 1. The predicted molar refractivity (Wildman–Crippen MR) is 87.6 cm³/mol. The Morgan fingerprint density at radius 2 is 1.86 bits per heavy atom. The van der Waals surface area contributed by atoms with Gasteiger partial charge in [-0.2, -0.15) is 17.0 Å². The molecular formula is C14H32N4O2S. The molecule has 1 unspecified atom stereocenters. The molecule has 1 saturated heterocycles. The standard InChI is InChI=1S/C14H32N4O2S/c1-13(2)15-12-14-8-6-7-9-18(14)21(19,20)17(5)11-10-16(3)4/h13-15H,6-12H2,1-5H3. The molecule has 0 aromatic rings. The molecule has 0 amide bonds. The summed E-state index contributed by atoms with van der Waals surface area (Å²) in [4.78, 5) is 2.00. The molecule has 0 radical (unpaired) electrons. The van der Waals surface area contributed by atoms with E-state index in [-0.39, 0.29) is 6.04 Å². The number of nitrogens with one attached hydrogen (secondary N) is 1. The molecule has 0 spiro atoms. The number of piperidine rings is 1. The largest absolute Gasteiger partial charge is 0.313 e. The normalized spacial score (nSPS) is 21.6. The molecule has 0 aliphatic carbocycles. The Morgan fingerprint density at radius 3 is 2.43 bits per heavy atom. The first kappa shape index (κ1) is 18.8.